The molecular formula is C34H31Cl2N3O3S. The fraction of sp³-hybridized carbons (Fsp3) is 0.147. The van der Waals surface area contributed by atoms with Crippen molar-refractivity contribution in [1.82, 2.24) is 5.32 Å². The van der Waals surface area contributed by atoms with Gasteiger partial charge in [-0.15, -0.1) is 11.8 Å². The summed E-state index contributed by atoms with van der Waals surface area (Å²) >= 11 is 14.1. The molecule has 9 heteroatoms. The van der Waals surface area contributed by atoms with Gasteiger partial charge in [0.25, 0.3) is 11.8 Å². The van der Waals surface area contributed by atoms with E-state index >= 15 is 0 Å². The van der Waals surface area contributed by atoms with Crippen molar-refractivity contribution in [2.24, 2.45) is 0 Å². The molecule has 0 aromatic heterocycles. The predicted molar refractivity (Wildman–Crippen MR) is 178 cm³/mol. The smallest absolute Gasteiger partial charge is 0.272 e. The summed E-state index contributed by atoms with van der Waals surface area (Å²) in [4.78, 5) is 40.4. The highest BCUT2D eigenvalue weighted by atomic mass is 35.5. The average molecular weight is 633 g/mol. The highest BCUT2D eigenvalue weighted by Crippen LogP contribution is 2.30. The Morgan fingerprint density at radius 3 is 2.21 bits per heavy atom. The fourth-order valence-electron chi connectivity index (χ4n) is 4.17. The summed E-state index contributed by atoms with van der Waals surface area (Å²) in [7, 11) is 0. The van der Waals surface area contributed by atoms with E-state index in [1.54, 1.807) is 66.7 Å². The SMILES string of the molecule is CCC(Sc1cccc(NC(=O)/C(=C\c2c(Cl)cccc2Cl)NC(=O)c2ccccc2)c1)C(=O)Nc1cccc(C)c1C. The average Bonchev–Trinajstić information content (AvgIpc) is 3.00. The van der Waals surface area contributed by atoms with Crippen LogP contribution in [0, 0.1) is 13.8 Å². The van der Waals surface area contributed by atoms with Crippen molar-refractivity contribution >= 4 is 70.1 Å². The fourth-order valence-corrected chi connectivity index (χ4v) is 5.69. The Kier molecular flexibility index (Phi) is 11.1. The predicted octanol–water partition coefficient (Wildman–Crippen LogP) is 8.53. The van der Waals surface area contributed by atoms with E-state index in [2.05, 4.69) is 16.0 Å². The molecule has 4 aromatic carbocycles. The maximum absolute atomic E-state index is 13.5. The number of thioether (sulfide) groups is 1. The molecule has 0 spiro atoms. The number of rotatable bonds is 10. The van der Waals surface area contributed by atoms with Gasteiger partial charge in [0.2, 0.25) is 5.91 Å². The zero-order chi connectivity index (χ0) is 30.9. The number of hydrogen-bond acceptors (Lipinski definition) is 4. The van der Waals surface area contributed by atoms with E-state index < -0.39 is 11.8 Å². The Morgan fingerprint density at radius 1 is 0.837 bits per heavy atom. The lowest BCUT2D eigenvalue weighted by Crippen LogP contribution is -2.30. The van der Waals surface area contributed by atoms with Crippen LogP contribution in [0.3, 0.4) is 0 Å². The number of anilines is 2. The summed E-state index contributed by atoms with van der Waals surface area (Å²) in [6.07, 6.45) is 2.05. The van der Waals surface area contributed by atoms with Gasteiger partial charge in [0, 0.05) is 37.4 Å². The highest BCUT2D eigenvalue weighted by molar-refractivity contribution is 8.00. The van der Waals surface area contributed by atoms with Crippen LogP contribution < -0.4 is 16.0 Å². The standard InChI is InChI=1S/C34H31Cl2N3O3S/c1-4-31(34(42)38-29-18-8-11-21(2)22(29)3)43-25-15-9-14-24(19-25)37-33(41)30(20-26-27(35)16-10-17-28(26)36)39-32(40)23-12-6-5-7-13-23/h5-20,31H,4H2,1-3H3,(H,37,41)(H,38,42)(H,39,40)/b30-20+. The first-order chi connectivity index (χ1) is 20.7. The molecule has 4 aromatic rings. The number of carbonyl (C=O) groups is 3. The first kappa shape index (κ1) is 31.9. The molecule has 6 nitrogen and oxygen atoms in total. The Labute approximate surface area is 265 Å². The van der Waals surface area contributed by atoms with Gasteiger partial charge in [-0.2, -0.15) is 0 Å². The maximum atomic E-state index is 13.5. The third kappa shape index (κ3) is 8.51. The molecule has 0 aliphatic rings. The molecule has 0 saturated carbocycles. The second kappa shape index (κ2) is 14.9. The van der Waals surface area contributed by atoms with Crippen molar-refractivity contribution in [2.45, 2.75) is 37.3 Å². The minimum Gasteiger partial charge on any atom is -0.325 e. The van der Waals surface area contributed by atoms with E-state index in [9.17, 15) is 14.4 Å². The van der Waals surface area contributed by atoms with E-state index in [1.165, 1.54) is 17.8 Å². The second-order valence-electron chi connectivity index (χ2n) is 9.75. The van der Waals surface area contributed by atoms with Gasteiger partial charge in [0.15, 0.2) is 0 Å². The number of nitrogens with one attached hydrogen (secondary N) is 3. The Morgan fingerprint density at radius 2 is 1.51 bits per heavy atom. The maximum Gasteiger partial charge on any atom is 0.272 e. The Hall–Kier alpha value is -4.04. The molecule has 1 unspecified atom stereocenters. The van der Waals surface area contributed by atoms with E-state index in [1.807, 2.05) is 45.0 Å². The molecule has 3 amide bonds. The summed E-state index contributed by atoms with van der Waals surface area (Å²) in [5.74, 6) is -1.13. The Balaban J connectivity index is 1.54. The highest BCUT2D eigenvalue weighted by Gasteiger charge is 2.20. The van der Waals surface area contributed by atoms with Gasteiger partial charge in [-0.05, 0) is 86.0 Å². The molecule has 3 N–H and O–H groups in total. The molecule has 0 bridgehead atoms. The van der Waals surface area contributed by atoms with Crippen LogP contribution in [0.5, 0.6) is 0 Å². The quantitative estimate of drug-likeness (QED) is 0.121. The van der Waals surface area contributed by atoms with Gasteiger partial charge in [-0.25, -0.2) is 0 Å². The van der Waals surface area contributed by atoms with E-state index in [0.717, 1.165) is 21.7 Å². The number of hydrogen-bond donors (Lipinski definition) is 3. The van der Waals surface area contributed by atoms with Crippen molar-refractivity contribution < 1.29 is 14.4 Å². The van der Waals surface area contributed by atoms with Crippen molar-refractivity contribution in [3.8, 4) is 0 Å². The van der Waals surface area contributed by atoms with Gasteiger partial charge in [-0.1, -0.05) is 72.6 Å². The normalized spacial score (nSPS) is 11.9. The third-order valence-corrected chi connectivity index (χ3v) is 8.73. The van der Waals surface area contributed by atoms with Crippen LogP contribution in [0.25, 0.3) is 6.08 Å². The number of carbonyl (C=O) groups excluding carboxylic acids is 3. The van der Waals surface area contributed by atoms with Gasteiger partial charge in [0.05, 0.1) is 5.25 Å². The zero-order valence-corrected chi connectivity index (χ0v) is 26.2. The van der Waals surface area contributed by atoms with Gasteiger partial charge < -0.3 is 16.0 Å². The van der Waals surface area contributed by atoms with Crippen molar-refractivity contribution in [1.29, 1.82) is 0 Å². The van der Waals surface area contributed by atoms with Crippen LogP contribution in [0.15, 0.2) is 102 Å². The van der Waals surface area contributed by atoms with Crippen molar-refractivity contribution in [3.05, 3.63) is 129 Å². The van der Waals surface area contributed by atoms with Crippen LogP contribution in [0.1, 0.15) is 40.4 Å². The largest absolute Gasteiger partial charge is 0.325 e. The van der Waals surface area contributed by atoms with Crippen LogP contribution in [-0.2, 0) is 9.59 Å². The van der Waals surface area contributed by atoms with Gasteiger partial charge in [0.1, 0.15) is 5.70 Å². The van der Waals surface area contributed by atoms with E-state index in [0.29, 0.717) is 33.3 Å². The zero-order valence-electron chi connectivity index (χ0n) is 23.9. The molecule has 0 aliphatic heterocycles. The number of amides is 3. The lowest BCUT2D eigenvalue weighted by molar-refractivity contribution is -0.116. The molecular weight excluding hydrogens is 601 g/mol. The topological polar surface area (TPSA) is 87.3 Å². The molecule has 43 heavy (non-hydrogen) atoms. The molecule has 0 heterocycles. The molecule has 0 radical (unpaired) electrons. The third-order valence-electron chi connectivity index (χ3n) is 6.71. The lowest BCUT2D eigenvalue weighted by atomic mass is 10.1. The first-order valence-electron chi connectivity index (χ1n) is 13.6. The van der Waals surface area contributed by atoms with Crippen LogP contribution in [0.4, 0.5) is 11.4 Å². The Bertz CT molecular complexity index is 1650. The number of aryl methyl sites for hydroxylation is 1. The van der Waals surface area contributed by atoms with Crippen LogP contribution >= 0.6 is 35.0 Å². The summed E-state index contributed by atoms with van der Waals surface area (Å²) in [5.41, 5.74) is 4.16. The summed E-state index contributed by atoms with van der Waals surface area (Å²) < 4.78 is 0. The van der Waals surface area contributed by atoms with Crippen LogP contribution in [-0.4, -0.2) is 23.0 Å². The van der Waals surface area contributed by atoms with E-state index in [-0.39, 0.29) is 16.9 Å². The minimum atomic E-state index is -0.567. The molecule has 0 aliphatic carbocycles. The van der Waals surface area contributed by atoms with Crippen LogP contribution in [0.2, 0.25) is 10.0 Å². The molecule has 220 valence electrons. The van der Waals surface area contributed by atoms with Gasteiger partial charge in [-0.3, -0.25) is 14.4 Å². The van der Waals surface area contributed by atoms with Crippen molar-refractivity contribution in [2.75, 3.05) is 10.6 Å². The summed E-state index contributed by atoms with van der Waals surface area (Å²) in [5, 5.41) is 8.90. The van der Waals surface area contributed by atoms with Crippen molar-refractivity contribution in [3.63, 3.8) is 0 Å². The second-order valence-corrected chi connectivity index (χ2v) is 11.8. The van der Waals surface area contributed by atoms with E-state index in [4.69, 9.17) is 23.2 Å². The summed E-state index contributed by atoms with van der Waals surface area (Å²) in [6, 6.07) is 26.6. The monoisotopic (exact) mass is 631 g/mol. The molecule has 0 fully saturated rings. The number of benzene rings is 4. The number of halogens is 2. The molecule has 1 atom stereocenters. The lowest BCUT2D eigenvalue weighted by Gasteiger charge is -2.17. The first-order valence-corrected chi connectivity index (χ1v) is 15.3. The summed E-state index contributed by atoms with van der Waals surface area (Å²) in [6.45, 7) is 5.95. The molecule has 4 rings (SSSR count). The molecule has 0 saturated heterocycles. The minimum absolute atomic E-state index is 0.0405. The van der Waals surface area contributed by atoms with Gasteiger partial charge >= 0.3 is 0 Å².